The summed E-state index contributed by atoms with van der Waals surface area (Å²) in [7, 11) is 0. The second-order valence-corrected chi connectivity index (χ2v) is 5.75. The first-order valence-corrected chi connectivity index (χ1v) is 8.16. The molecule has 1 heterocycles. The first kappa shape index (κ1) is 16.5. The minimum Gasteiger partial charge on any atom is -0.491 e. The summed E-state index contributed by atoms with van der Waals surface area (Å²) in [5.74, 6) is 1.30. The second kappa shape index (κ2) is 7.47. The molecular weight excluding hydrogens is 304 g/mol. The van der Waals surface area contributed by atoms with Crippen molar-refractivity contribution in [3.8, 4) is 5.75 Å². The van der Waals surface area contributed by atoms with Gasteiger partial charge in [-0.25, -0.2) is 4.98 Å². The standard InChI is InChI=1S/C19H22N2O3/c1-2-14-6-5-7-16(10-14)24-13-15(23)11-21-18-9-4-3-8-17(18)20-19(21)12-22/h3-10,15,22-23H,2,11-13H2,1H3. The third-order valence-electron chi connectivity index (χ3n) is 4.02. The molecular formula is C19H22N2O3. The first-order chi connectivity index (χ1) is 11.7. The van der Waals surface area contributed by atoms with Crippen LogP contribution >= 0.6 is 0 Å². The smallest absolute Gasteiger partial charge is 0.135 e. The molecule has 0 spiro atoms. The molecule has 5 heteroatoms. The number of hydrogen-bond donors (Lipinski definition) is 2. The summed E-state index contributed by atoms with van der Waals surface area (Å²) in [4.78, 5) is 4.39. The highest BCUT2D eigenvalue weighted by molar-refractivity contribution is 5.75. The highest BCUT2D eigenvalue weighted by Crippen LogP contribution is 2.18. The monoisotopic (exact) mass is 326 g/mol. The Bertz CT molecular complexity index is 813. The molecule has 0 saturated heterocycles. The molecule has 24 heavy (non-hydrogen) atoms. The van der Waals surface area contributed by atoms with Crippen molar-refractivity contribution in [3.63, 3.8) is 0 Å². The summed E-state index contributed by atoms with van der Waals surface area (Å²) < 4.78 is 7.54. The van der Waals surface area contributed by atoms with Gasteiger partial charge < -0.3 is 19.5 Å². The van der Waals surface area contributed by atoms with Crippen LogP contribution in [-0.2, 0) is 19.6 Å². The minimum absolute atomic E-state index is 0.166. The zero-order valence-corrected chi connectivity index (χ0v) is 13.7. The largest absolute Gasteiger partial charge is 0.491 e. The molecule has 0 bridgehead atoms. The Labute approximate surface area is 141 Å². The number of benzene rings is 2. The molecule has 0 amide bonds. The van der Waals surface area contributed by atoms with E-state index in [1.807, 2.05) is 47.0 Å². The van der Waals surface area contributed by atoms with Gasteiger partial charge in [0.05, 0.1) is 17.6 Å². The molecule has 3 rings (SSSR count). The van der Waals surface area contributed by atoms with Crippen molar-refractivity contribution in [1.29, 1.82) is 0 Å². The summed E-state index contributed by atoms with van der Waals surface area (Å²) in [6, 6.07) is 15.5. The molecule has 0 fully saturated rings. The van der Waals surface area contributed by atoms with Crippen LogP contribution in [0.4, 0.5) is 0 Å². The molecule has 3 aromatic rings. The van der Waals surface area contributed by atoms with E-state index in [1.54, 1.807) is 0 Å². The van der Waals surface area contributed by atoms with Crippen molar-refractivity contribution in [3.05, 3.63) is 59.9 Å². The topological polar surface area (TPSA) is 67.5 Å². The first-order valence-electron chi connectivity index (χ1n) is 8.16. The minimum atomic E-state index is -0.696. The van der Waals surface area contributed by atoms with Crippen LogP contribution < -0.4 is 4.74 Å². The Balaban J connectivity index is 1.69. The summed E-state index contributed by atoms with van der Waals surface area (Å²) >= 11 is 0. The Kier molecular flexibility index (Phi) is 5.13. The average Bonchev–Trinajstić information content (AvgIpc) is 2.98. The predicted octanol–water partition coefficient (Wildman–Crippen LogP) is 2.53. The number of aliphatic hydroxyl groups excluding tert-OH is 2. The van der Waals surface area contributed by atoms with E-state index in [-0.39, 0.29) is 13.2 Å². The van der Waals surface area contributed by atoms with Crippen molar-refractivity contribution >= 4 is 11.0 Å². The van der Waals surface area contributed by atoms with Gasteiger partial charge in [-0.05, 0) is 36.2 Å². The van der Waals surface area contributed by atoms with Gasteiger partial charge in [-0.15, -0.1) is 0 Å². The number of aliphatic hydroxyl groups is 2. The van der Waals surface area contributed by atoms with Crippen molar-refractivity contribution < 1.29 is 14.9 Å². The maximum atomic E-state index is 10.3. The predicted molar refractivity (Wildman–Crippen MR) is 93.0 cm³/mol. The molecule has 0 radical (unpaired) electrons. The number of fused-ring (bicyclic) bond motifs is 1. The Morgan fingerprint density at radius 1 is 1.17 bits per heavy atom. The van der Waals surface area contributed by atoms with Gasteiger partial charge in [0, 0.05) is 0 Å². The number of imidazole rings is 1. The number of ether oxygens (including phenoxy) is 1. The summed E-state index contributed by atoms with van der Waals surface area (Å²) in [6.45, 7) is 2.43. The molecule has 5 nitrogen and oxygen atoms in total. The van der Waals surface area contributed by atoms with Crippen LogP contribution in [-0.4, -0.2) is 32.5 Å². The lowest BCUT2D eigenvalue weighted by Crippen LogP contribution is -2.24. The molecule has 0 aliphatic carbocycles. The van der Waals surface area contributed by atoms with Gasteiger partial charge in [-0.2, -0.15) is 0 Å². The van der Waals surface area contributed by atoms with E-state index in [4.69, 9.17) is 4.74 Å². The van der Waals surface area contributed by atoms with Crippen molar-refractivity contribution in [2.45, 2.75) is 32.6 Å². The van der Waals surface area contributed by atoms with E-state index >= 15 is 0 Å². The number of hydrogen-bond acceptors (Lipinski definition) is 4. The third-order valence-corrected chi connectivity index (χ3v) is 4.02. The van der Waals surface area contributed by atoms with E-state index < -0.39 is 6.10 Å². The van der Waals surface area contributed by atoms with Crippen molar-refractivity contribution in [2.24, 2.45) is 0 Å². The van der Waals surface area contributed by atoms with Crippen LogP contribution in [0.15, 0.2) is 48.5 Å². The zero-order valence-electron chi connectivity index (χ0n) is 13.7. The lowest BCUT2D eigenvalue weighted by molar-refractivity contribution is 0.0914. The van der Waals surface area contributed by atoms with Crippen LogP contribution in [0.25, 0.3) is 11.0 Å². The molecule has 1 unspecified atom stereocenters. The molecule has 1 aromatic heterocycles. The Morgan fingerprint density at radius 2 is 2.00 bits per heavy atom. The fourth-order valence-electron chi connectivity index (χ4n) is 2.76. The van der Waals surface area contributed by atoms with E-state index in [0.29, 0.717) is 12.4 Å². The molecule has 0 aliphatic heterocycles. The number of aryl methyl sites for hydroxylation is 1. The number of aromatic nitrogens is 2. The third kappa shape index (κ3) is 3.58. The van der Waals surface area contributed by atoms with Crippen LogP contribution in [0, 0.1) is 0 Å². The summed E-state index contributed by atoms with van der Waals surface area (Å²) in [6.07, 6.45) is 0.249. The number of nitrogens with zero attached hydrogens (tertiary/aromatic N) is 2. The van der Waals surface area contributed by atoms with Gasteiger partial charge in [-0.3, -0.25) is 0 Å². The van der Waals surface area contributed by atoms with Gasteiger partial charge in [0.15, 0.2) is 0 Å². The lowest BCUT2D eigenvalue weighted by atomic mass is 10.2. The maximum absolute atomic E-state index is 10.3. The van der Waals surface area contributed by atoms with Crippen LogP contribution in [0.1, 0.15) is 18.3 Å². The average molecular weight is 326 g/mol. The fraction of sp³-hybridized carbons (Fsp3) is 0.316. The molecule has 126 valence electrons. The van der Waals surface area contributed by atoms with E-state index in [1.165, 1.54) is 5.56 Å². The van der Waals surface area contributed by atoms with Crippen LogP contribution in [0.5, 0.6) is 5.75 Å². The molecule has 0 saturated carbocycles. The van der Waals surface area contributed by atoms with E-state index in [0.717, 1.165) is 23.2 Å². The molecule has 1 atom stereocenters. The van der Waals surface area contributed by atoms with Crippen molar-refractivity contribution in [2.75, 3.05) is 6.61 Å². The van der Waals surface area contributed by atoms with Gasteiger partial charge in [0.1, 0.15) is 30.9 Å². The van der Waals surface area contributed by atoms with Crippen LogP contribution in [0.3, 0.4) is 0 Å². The maximum Gasteiger partial charge on any atom is 0.135 e. The zero-order chi connectivity index (χ0) is 16.9. The van der Waals surface area contributed by atoms with Gasteiger partial charge in [0.2, 0.25) is 0 Å². The Morgan fingerprint density at radius 3 is 2.79 bits per heavy atom. The van der Waals surface area contributed by atoms with Gasteiger partial charge >= 0.3 is 0 Å². The van der Waals surface area contributed by atoms with Gasteiger partial charge in [-0.1, -0.05) is 31.2 Å². The van der Waals surface area contributed by atoms with E-state index in [2.05, 4.69) is 18.0 Å². The summed E-state index contributed by atoms with van der Waals surface area (Å²) in [5, 5.41) is 19.8. The molecule has 2 aromatic carbocycles. The van der Waals surface area contributed by atoms with Crippen molar-refractivity contribution in [1.82, 2.24) is 9.55 Å². The SMILES string of the molecule is CCc1cccc(OCC(O)Cn2c(CO)nc3ccccc32)c1. The quantitative estimate of drug-likeness (QED) is 0.700. The summed E-state index contributed by atoms with van der Waals surface area (Å²) in [5.41, 5.74) is 2.91. The molecule has 2 N–H and O–H groups in total. The second-order valence-electron chi connectivity index (χ2n) is 5.75. The molecule has 0 aliphatic rings. The lowest BCUT2D eigenvalue weighted by Gasteiger charge is -2.15. The van der Waals surface area contributed by atoms with Crippen LogP contribution in [0.2, 0.25) is 0 Å². The number of para-hydroxylation sites is 2. The van der Waals surface area contributed by atoms with Gasteiger partial charge in [0.25, 0.3) is 0 Å². The highest BCUT2D eigenvalue weighted by atomic mass is 16.5. The van der Waals surface area contributed by atoms with E-state index in [9.17, 15) is 10.2 Å². The number of rotatable bonds is 7. The highest BCUT2D eigenvalue weighted by Gasteiger charge is 2.14. The Hall–Kier alpha value is -2.37. The normalized spacial score (nSPS) is 12.5. The fourth-order valence-corrected chi connectivity index (χ4v) is 2.76.